The first kappa shape index (κ1) is 28.2. The lowest BCUT2D eigenvalue weighted by Gasteiger charge is -2.24. The summed E-state index contributed by atoms with van der Waals surface area (Å²) in [4.78, 5) is 38.2. The van der Waals surface area contributed by atoms with Gasteiger partial charge in [-0.05, 0) is 84.8 Å². The molecule has 0 saturated carbocycles. The molecule has 6 heterocycles. The van der Waals surface area contributed by atoms with Gasteiger partial charge in [-0.1, -0.05) is 30.3 Å². The molecule has 0 unspecified atom stereocenters. The van der Waals surface area contributed by atoms with Crippen molar-refractivity contribution in [2.45, 2.75) is 52.1 Å². The lowest BCUT2D eigenvalue weighted by atomic mass is 9.99. The van der Waals surface area contributed by atoms with Gasteiger partial charge >= 0.3 is 0 Å². The van der Waals surface area contributed by atoms with Crippen LogP contribution in [-0.2, 0) is 39.3 Å². The summed E-state index contributed by atoms with van der Waals surface area (Å²) in [5.41, 5.74) is 15.9. The minimum atomic E-state index is 0.125. The van der Waals surface area contributed by atoms with E-state index in [2.05, 4.69) is 76.5 Å². The molecule has 4 aromatic heterocycles. The van der Waals surface area contributed by atoms with Gasteiger partial charge in [0, 0.05) is 51.3 Å². The molecule has 0 amide bonds. The molecule has 1 aromatic carbocycles. The quantitative estimate of drug-likeness (QED) is 0.276. The van der Waals surface area contributed by atoms with Crippen molar-refractivity contribution in [2.75, 3.05) is 6.54 Å². The van der Waals surface area contributed by atoms with Gasteiger partial charge in [-0.2, -0.15) is 0 Å². The molecule has 7 rings (SSSR count). The number of ketones is 1. The van der Waals surface area contributed by atoms with Crippen LogP contribution in [0, 0.1) is 0 Å². The highest BCUT2D eigenvalue weighted by molar-refractivity contribution is 5.96. The van der Waals surface area contributed by atoms with E-state index in [0.717, 1.165) is 62.2 Å². The van der Waals surface area contributed by atoms with Crippen LogP contribution >= 0.6 is 0 Å². The zero-order chi connectivity index (χ0) is 29.9. The highest BCUT2D eigenvalue weighted by atomic mass is 16.1. The fraction of sp³-hybridized carbons (Fsp3) is 0.250. The molecule has 0 aliphatic carbocycles. The van der Waals surface area contributed by atoms with Gasteiger partial charge in [-0.15, -0.1) is 0 Å². The SMILES string of the molecule is NCCCC(=O)c1cc2cc(c1)CN1Cc3cccc(n3)-c3cccc(n3)CN(C2)Cc2cccc(n2)-c2cccc(n2)C1. The lowest BCUT2D eigenvalue weighted by Crippen LogP contribution is -2.25. The molecule has 8 heteroatoms. The largest absolute Gasteiger partial charge is 0.330 e. The number of pyridine rings is 4. The first-order valence-electron chi connectivity index (χ1n) is 15.2. The van der Waals surface area contributed by atoms with Crippen LogP contribution < -0.4 is 5.73 Å². The third kappa shape index (κ3) is 6.48. The Kier molecular flexibility index (Phi) is 8.02. The molecule has 0 fully saturated rings. The van der Waals surface area contributed by atoms with Crippen molar-refractivity contribution in [3.63, 3.8) is 0 Å². The van der Waals surface area contributed by atoms with Crippen molar-refractivity contribution in [2.24, 2.45) is 5.73 Å². The lowest BCUT2D eigenvalue weighted by molar-refractivity contribution is 0.0980. The highest BCUT2D eigenvalue weighted by Crippen LogP contribution is 2.25. The van der Waals surface area contributed by atoms with E-state index in [9.17, 15) is 4.79 Å². The summed E-state index contributed by atoms with van der Waals surface area (Å²) < 4.78 is 0. The second-order valence-corrected chi connectivity index (χ2v) is 11.7. The van der Waals surface area contributed by atoms with Crippen molar-refractivity contribution in [1.29, 1.82) is 0 Å². The number of rotatable bonds is 4. The number of fused-ring (bicyclic) bond motifs is 12. The fourth-order valence-corrected chi connectivity index (χ4v) is 6.12. The Hall–Kier alpha value is -4.63. The number of aromatic nitrogens is 4. The maximum Gasteiger partial charge on any atom is 0.162 e. The number of carbonyl (C=O) groups excluding carboxylic acids is 1. The van der Waals surface area contributed by atoms with E-state index in [1.54, 1.807) is 0 Å². The van der Waals surface area contributed by atoms with Gasteiger partial charge in [-0.3, -0.25) is 14.6 Å². The molecule has 220 valence electrons. The monoisotopic (exact) mass is 581 g/mol. The van der Waals surface area contributed by atoms with Gasteiger partial charge in [0.1, 0.15) is 0 Å². The summed E-state index contributed by atoms with van der Waals surface area (Å²) >= 11 is 0. The van der Waals surface area contributed by atoms with E-state index in [1.807, 2.05) is 24.3 Å². The summed E-state index contributed by atoms with van der Waals surface area (Å²) in [7, 11) is 0. The van der Waals surface area contributed by atoms with Crippen LogP contribution in [0.2, 0.25) is 0 Å². The van der Waals surface area contributed by atoms with Crippen LogP contribution in [0.25, 0.3) is 22.8 Å². The van der Waals surface area contributed by atoms with E-state index < -0.39 is 0 Å². The van der Waals surface area contributed by atoms with Gasteiger partial charge in [0.25, 0.3) is 0 Å². The number of benzene rings is 1. The number of Topliss-reactive ketones (excluding diaryl/α,β-unsaturated/α-hetero) is 1. The minimum absolute atomic E-state index is 0.125. The zero-order valence-corrected chi connectivity index (χ0v) is 24.7. The summed E-state index contributed by atoms with van der Waals surface area (Å²) in [5, 5.41) is 0. The van der Waals surface area contributed by atoms with Crippen LogP contribution in [0.4, 0.5) is 0 Å². The Morgan fingerprint density at radius 3 is 1.32 bits per heavy atom. The van der Waals surface area contributed by atoms with Crippen LogP contribution in [0.5, 0.6) is 0 Å². The average Bonchev–Trinajstić information content (AvgIpc) is 3.03. The molecule has 5 aromatic rings. The van der Waals surface area contributed by atoms with Crippen molar-refractivity contribution >= 4 is 5.78 Å². The van der Waals surface area contributed by atoms with Gasteiger partial charge in [0.2, 0.25) is 0 Å². The van der Waals surface area contributed by atoms with Crippen molar-refractivity contribution < 1.29 is 4.79 Å². The standard InChI is InChI=1S/C36H35N7O/c37-15-5-14-36(44)27-17-25-16-26(18-27)20-43-23-29-7-2-11-33(39-29)32-10-1-6-28(38-32)21-42(19-25)22-30-8-3-12-34(40-30)35-13-4-9-31(24-43)41-35/h1-4,6-13,16-18H,5,14-15,19-24,37H2. The fourth-order valence-electron chi connectivity index (χ4n) is 6.12. The van der Waals surface area contributed by atoms with Crippen LogP contribution in [0.15, 0.2) is 91.0 Å². The van der Waals surface area contributed by atoms with Crippen LogP contribution in [0.3, 0.4) is 0 Å². The highest BCUT2D eigenvalue weighted by Gasteiger charge is 2.19. The third-order valence-corrected chi connectivity index (χ3v) is 8.09. The normalized spacial score (nSPS) is 17.5. The molecule has 12 bridgehead atoms. The first-order chi connectivity index (χ1) is 21.6. The maximum atomic E-state index is 13.3. The second-order valence-electron chi connectivity index (χ2n) is 11.7. The number of hydrogen-bond acceptors (Lipinski definition) is 8. The van der Waals surface area contributed by atoms with E-state index >= 15 is 0 Å². The third-order valence-electron chi connectivity index (χ3n) is 8.09. The minimum Gasteiger partial charge on any atom is -0.330 e. The van der Waals surface area contributed by atoms with Crippen molar-refractivity contribution in [1.82, 2.24) is 29.7 Å². The molecule has 8 nitrogen and oxygen atoms in total. The number of hydrogen-bond donors (Lipinski definition) is 1. The molecule has 0 saturated heterocycles. The zero-order valence-electron chi connectivity index (χ0n) is 24.7. The van der Waals surface area contributed by atoms with Gasteiger partial charge in [0.05, 0.1) is 45.6 Å². The van der Waals surface area contributed by atoms with Gasteiger partial charge < -0.3 is 5.73 Å². The molecule has 2 N–H and O–H groups in total. The summed E-state index contributed by atoms with van der Waals surface area (Å²) in [5.74, 6) is 0.125. The Labute approximate surface area is 257 Å². The average molecular weight is 582 g/mol. The Morgan fingerprint density at radius 2 is 0.955 bits per heavy atom. The Balaban J connectivity index is 1.42. The summed E-state index contributed by atoms with van der Waals surface area (Å²) in [6.07, 6.45) is 1.11. The van der Waals surface area contributed by atoms with Crippen molar-refractivity contribution in [3.05, 3.63) is 130 Å². The van der Waals surface area contributed by atoms with Gasteiger partial charge in [0.15, 0.2) is 5.78 Å². The maximum absolute atomic E-state index is 13.3. The van der Waals surface area contributed by atoms with E-state index in [-0.39, 0.29) is 5.78 Å². The Morgan fingerprint density at radius 1 is 0.568 bits per heavy atom. The van der Waals surface area contributed by atoms with Crippen LogP contribution in [-0.4, -0.2) is 42.1 Å². The predicted octanol–water partition coefficient (Wildman–Crippen LogP) is 5.55. The smallest absolute Gasteiger partial charge is 0.162 e. The predicted molar refractivity (Wildman–Crippen MR) is 170 cm³/mol. The number of nitrogens with two attached hydrogens (primary N) is 1. The molecule has 2 aliphatic heterocycles. The molecule has 0 atom stereocenters. The topological polar surface area (TPSA) is 101 Å². The molecule has 2 aliphatic rings. The number of nitrogens with zero attached hydrogens (tertiary/aromatic N) is 6. The molecular formula is C36H35N7O. The first-order valence-corrected chi connectivity index (χ1v) is 15.2. The van der Waals surface area contributed by atoms with Crippen LogP contribution in [0.1, 0.15) is 57.1 Å². The van der Waals surface area contributed by atoms with Crippen molar-refractivity contribution in [3.8, 4) is 22.8 Å². The van der Waals surface area contributed by atoms with E-state index in [0.29, 0.717) is 58.7 Å². The number of carbonyl (C=O) groups is 1. The summed E-state index contributed by atoms with van der Waals surface area (Å²) in [6, 6.07) is 30.9. The molecule has 44 heavy (non-hydrogen) atoms. The summed E-state index contributed by atoms with van der Waals surface area (Å²) in [6.45, 7) is 4.22. The Bertz CT molecular complexity index is 1610. The van der Waals surface area contributed by atoms with E-state index in [1.165, 1.54) is 0 Å². The van der Waals surface area contributed by atoms with Gasteiger partial charge in [-0.25, -0.2) is 19.9 Å². The molecule has 0 spiro atoms. The molecular weight excluding hydrogens is 546 g/mol. The second kappa shape index (κ2) is 12.5. The molecule has 0 radical (unpaired) electrons. The van der Waals surface area contributed by atoms with E-state index in [4.69, 9.17) is 25.7 Å².